The highest BCUT2D eigenvalue weighted by Crippen LogP contribution is 2.38. The Morgan fingerprint density at radius 3 is 0.932 bits per heavy atom. The van der Waals surface area contributed by atoms with Crippen molar-refractivity contribution in [1.82, 2.24) is 49.8 Å². The van der Waals surface area contributed by atoms with Crippen LogP contribution in [0.5, 0.6) is 0 Å². The Bertz CT molecular complexity index is 6580. The van der Waals surface area contributed by atoms with Gasteiger partial charge in [0.05, 0.1) is 78.5 Å². The Morgan fingerprint density at radius 1 is 0.162 bits per heavy atom. The van der Waals surface area contributed by atoms with Crippen molar-refractivity contribution in [1.29, 1.82) is 0 Å². The van der Waals surface area contributed by atoms with Gasteiger partial charge in [-0.1, -0.05) is 373 Å². The summed E-state index contributed by atoms with van der Waals surface area (Å²) in [5, 5.41) is 5.70. The molecule has 0 spiro atoms. The fourth-order valence-electron chi connectivity index (χ4n) is 14.3. The van der Waals surface area contributed by atoms with Gasteiger partial charge in [0, 0.05) is 67.1 Å². The van der Waals surface area contributed by atoms with Gasteiger partial charge < -0.3 is 0 Å². The summed E-state index contributed by atoms with van der Waals surface area (Å²) < 4.78 is 0. The first-order valence-corrected chi connectivity index (χ1v) is 40.5. The van der Waals surface area contributed by atoms with Crippen LogP contribution < -0.4 is 0 Å². The Labute approximate surface area is 686 Å². The maximum Gasteiger partial charge on any atom is 0.132 e. The second-order valence-electron chi connectivity index (χ2n) is 30.7. The molecule has 5 aromatic heterocycles. The van der Waals surface area contributed by atoms with E-state index in [0.717, 1.165) is 140 Å². The predicted octanol–water partition coefficient (Wildman–Crippen LogP) is 28.3. The largest absolute Gasteiger partial charge is 0.249 e. The van der Waals surface area contributed by atoms with E-state index in [1.165, 1.54) is 44.2 Å². The first-order valence-electron chi connectivity index (χ1n) is 40.5. The van der Waals surface area contributed by atoms with Gasteiger partial charge in [-0.05, 0) is 105 Å². The fraction of sp³-hybridized carbons (Fsp3) is 0.140. The van der Waals surface area contributed by atoms with Crippen molar-refractivity contribution in [3.63, 3.8) is 0 Å². The Kier molecular flexibility index (Phi) is 24.4. The van der Waals surface area contributed by atoms with Crippen molar-refractivity contribution < 1.29 is 0 Å². The highest BCUT2D eigenvalue weighted by Gasteiger charge is 2.20. The van der Waals surface area contributed by atoms with Gasteiger partial charge in [-0.25, -0.2) is 49.8 Å². The molecular weight excluding hydrogens is 1430 g/mol. The van der Waals surface area contributed by atoms with Crippen LogP contribution >= 0.6 is 0 Å². The first kappa shape index (κ1) is 78.3. The summed E-state index contributed by atoms with van der Waals surface area (Å²) >= 11 is 0. The molecule has 0 aliphatic carbocycles. The maximum atomic E-state index is 4.94. The third-order valence-corrected chi connectivity index (χ3v) is 20.5. The van der Waals surface area contributed by atoms with Crippen LogP contribution in [-0.2, 0) is 0 Å². The van der Waals surface area contributed by atoms with Crippen LogP contribution in [0.1, 0.15) is 128 Å². The summed E-state index contributed by atoms with van der Waals surface area (Å²) in [6.45, 7) is 21.5. The molecule has 0 atom stereocenters. The Hall–Kier alpha value is -14.0. The van der Waals surface area contributed by atoms with Gasteiger partial charge in [-0.15, -0.1) is 0 Å². The summed E-state index contributed by atoms with van der Waals surface area (Å²) in [5.41, 5.74) is 26.8. The number of benzene rings is 14. The number of aromatic nitrogens is 10. The number of nitrogens with zero attached hydrogens (tertiary/aromatic N) is 10. The lowest BCUT2D eigenvalue weighted by atomic mass is 9.98. The van der Waals surface area contributed by atoms with Crippen molar-refractivity contribution in [3.8, 4) is 89.7 Å². The molecule has 10 heteroatoms. The monoisotopic (exact) mass is 1520 g/mol. The molecule has 572 valence electrons. The molecule has 5 heterocycles. The van der Waals surface area contributed by atoms with Crippen LogP contribution in [-0.4, -0.2) is 49.8 Å². The van der Waals surface area contributed by atoms with E-state index in [0.29, 0.717) is 23.7 Å². The van der Waals surface area contributed by atoms with Crippen LogP contribution in [0.25, 0.3) is 155 Å². The van der Waals surface area contributed by atoms with Crippen LogP contribution in [0.3, 0.4) is 0 Å². The minimum Gasteiger partial charge on any atom is -0.249 e. The lowest BCUT2D eigenvalue weighted by Gasteiger charge is -2.13. The van der Waals surface area contributed by atoms with Gasteiger partial charge in [0.2, 0.25) is 0 Å². The molecule has 19 aromatic rings. The molecule has 0 aliphatic rings. The molecule has 19 rings (SSSR count). The van der Waals surface area contributed by atoms with Crippen LogP contribution in [0.4, 0.5) is 0 Å². The van der Waals surface area contributed by atoms with Crippen molar-refractivity contribution in [2.24, 2.45) is 0 Å². The fourth-order valence-corrected chi connectivity index (χ4v) is 14.3. The molecule has 0 aliphatic heterocycles. The van der Waals surface area contributed by atoms with Crippen molar-refractivity contribution in [2.45, 2.75) is 98.8 Å². The molecule has 117 heavy (non-hydrogen) atoms. The zero-order chi connectivity index (χ0) is 80.7. The summed E-state index contributed by atoms with van der Waals surface area (Å²) in [6, 6.07) is 123. The zero-order valence-electron chi connectivity index (χ0n) is 67.9. The van der Waals surface area contributed by atoms with Gasteiger partial charge >= 0.3 is 0 Å². The zero-order valence-corrected chi connectivity index (χ0v) is 67.9. The predicted molar refractivity (Wildman–Crippen MR) is 489 cm³/mol. The SMILES string of the molecule is CC(C)c1nc(-c2ccc(-c3ccccc3)cc2)c2ccccc2n1.CC(C)c1nc(-c2ccccc2)c2ccc(-c3ccccc3)cc2n1.CC(C)c1nc(-c2ccccc2)c2ccc3ccccc3c2n1.CC(C)c1nc2ccccc2nc1-c1cccc(-c2ccccc2)c1.CC(C)c1nc2ccccc2nc1-c1ccccc1. The Morgan fingerprint density at radius 2 is 0.462 bits per heavy atom. The van der Waals surface area contributed by atoms with Crippen LogP contribution in [0.2, 0.25) is 0 Å². The lowest BCUT2D eigenvalue weighted by molar-refractivity contribution is 0.784. The molecule has 0 bridgehead atoms. The van der Waals surface area contributed by atoms with Gasteiger partial charge in [-0.2, -0.15) is 0 Å². The minimum absolute atomic E-state index is 0.284. The molecular formula is C107H94N10. The molecule has 14 aromatic carbocycles. The van der Waals surface area contributed by atoms with Crippen molar-refractivity contribution in [2.75, 3.05) is 0 Å². The lowest BCUT2D eigenvalue weighted by Crippen LogP contribution is -2.01. The standard InChI is InChI=1S/3C23H20N2.C21H18N2.C17H16N2/c1-16(2)23-24-21-15-19(17-9-5-3-6-10-17)13-14-20(21)22(25-23)18-11-7-4-8-12-18;1-16(2)22-23(25-21-14-7-6-13-20(21)24-22)19-12-8-11-18(15-19)17-9-4-3-5-10-17;1-16(2)23-24-21-11-7-6-10-20(21)22(25-23)19-14-12-18(13-15-19)17-8-4-3-5-9-17;1-14(2)21-22-19(16-9-4-3-5-10-16)18-13-12-15-8-6-7-11-17(15)20(18)23-21;1-12(2)16-17(13-8-4-3-5-9-13)19-15-11-7-6-10-14(15)18-16/h3*3-16H,1-2H3;3-14H,1-2H3;3-12H,1-2H3. The first-order chi connectivity index (χ1) is 57.2. The van der Waals surface area contributed by atoms with Crippen molar-refractivity contribution in [3.05, 3.63) is 387 Å². The van der Waals surface area contributed by atoms with Gasteiger partial charge in [0.15, 0.2) is 0 Å². The normalized spacial score (nSPS) is 11.2. The number of hydrogen-bond donors (Lipinski definition) is 0. The molecule has 0 unspecified atom stereocenters. The second-order valence-corrected chi connectivity index (χ2v) is 30.7. The van der Waals surface area contributed by atoms with E-state index in [9.17, 15) is 0 Å². The highest BCUT2D eigenvalue weighted by molar-refractivity contribution is 6.09. The molecule has 0 amide bonds. The molecule has 0 saturated heterocycles. The van der Waals surface area contributed by atoms with E-state index in [1.54, 1.807) is 0 Å². The summed E-state index contributed by atoms with van der Waals surface area (Å²) in [4.78, 5) is 48.4. The molecule has 0 saturated carbocycles. The third kappa shape index (κ3) is 18.3. The topological polar surface area (TPSA) is 129 Å². The molecule has 0 radical (unpaired) electrons. The summed E-state index contributed by atoms with van der Waals surface area (Å²) in [5.74, 6) is 4.21. The van der Waals surface area contributed by atoms with E-state index in [1.807, 2.05) is 109 Å². The average Bonchev–Trinajstić information content (AvgIpc) is 0.739. The van der Waals surface area contributed by atoms with Gasteiger partial charge in [0.1, 0.15) is 17.5 Å². The summed E-state index contributed by atoms with van der Waals surface area (Å²) in [6.07, 6.45) is 0. The number of rotatable bonds is 13. The second kappa shape index (κ2) is 36.5. The van der Waals surface area contributed by atoms with Crippen LogP contribution in [0.15, 0.2) is 358 Å². The highest BCUT2D eigenvalue weighted by atomic mass is 14.9. The van der Waals surface area contributed by atoms with Gasteiger partial charge in [0.25, 0.3) is 0 Å². The molecule has 10 nitrogen and oxygen atoms in total. The van der Waals surface area contributed by atoms with Crippen molar-refractivity contribution >= 4 is 65.5 Å². The van der Waals surface area contributed by atoms with E-state index < -0.39 is 0 Å². The quantitative estimate of drug-likeness (QED) is 0.103. The van der Waals surface area contributed by atoms with Crippen LogP contribution in [0, 0.1) is 0 Å². The van der Waals surface area contributed by atoms with E-state index in [2.05, 4.69) is 318 Å². The third-order valence-electron chi connectivity index (χ3n) is 20.5. The molecule has 0 N–H and O–H groups in total. The number of hydrogen-bond acceptors (Lipinski definition) is 10. The van der Waals surface area contributed by atoms with Gasteiger partial charge in [-0.3, -0.25) is 0 Å². The smallest absolute Gasteiger partial charge is 0.132 e. The Balaban J connectivity index is 0.000000115. The van der Waals surface area contributed by atoms with E-state index in [-0.39, 0.29) is 5.92 Å². The van der Waals surface area contributed by atoms with E-state index >= 15 is 0 Å². The average molecular weight is 1520 g/mol. The molecule has 0 fully saturated rings. The maximum absolute atomic E-state index is 4.94. The van der Waals surface area contributed by atoms with E-state index in [4.69, 9.17) is 49.8 Å². The number of para-hydroxylation sites is 5. The number of fused-ring (bicyclic) bond motifs is 7. The minimum atomic E-state index is 0.284. The summed E-state index contributed by atoms with van der Waals surface area (Å²) in [7, 11) is 0.